The molecule has 290 valence electrons. The summed E-state index contributed by atoms with van der Waals surface area (Å²) >= 11 is 0. The highest BCUT2D eigenvalue weighted by Gasteiger charge is 2.48. The highest BCUT2D eigenvalue weighted by atomic mass is 32.2. The van der Waals surface area contributed by atoms with E-state index in [0.29, 0.717) is 34.9 Å². The van der Waals surface area contributed by atoms with Gasteiger partial charge in [0.05, 0.1) is 21.6 Å². The van der Waals surface area contributed by atoms with Crippen LogP contribution in [0.25, 0.3) is 16.9 Å². The molecule has 3 aromatic rings. The molecule has 1 unspecified atom stereocenters. The Bertz CT molecular complexity index is 2430. The van der Waals surface area contributed by atoms with Crippen molar-refractivity contribution in [2.75, 3.05) is 23.7 Å². The van der Waals surface area contributed by atoms with E-state index in [-0.39, 0.29) is 36.2 Å². The number of carboxylic acids is 1. The van der Waals surface area contributed by atoms with Gasteiger partial charge in [-0.1, -0.05) is 48.6 Å². The molecule has 0 radical (unpaired) electrons. The lowest BCUT2D eigenvalue weighted by molar-refractivity contribution is -0.437. The second kappa shape index (κ2) is 15.0. The van der Waals surface area contributed by atoms with Crippen LogP contribution in [0.2, 0.25) is 0 Å². The van der Waals surface area contributed by atoms with E-state index in [9.17, 15) is 35.8 Å². The largest absolute Gasteiger partial charge is 0.481 e. The van der Waals surface area contributed by atoms with Gasteiger partial charge in [0.2, 0.25) is 5.69 Å². The van der Waals surface area contributed by atoms with Crippen LogP contribution in [0.15, 0.2) is 95.9 Å². The van der Waals surface area contributed by atoms with Gasteiger partial charge in [-0.3, -0.25) is 13.9 Å². The number of carbonyl (C=O) groups is 1. The Balaban J connectivity index is 1.51. The topological polar surface area (TPSA) is 162 Å². The molecule has 11 nitrogen and oxygen atoms in total. The van der Waals surface area contributed by atoms with Crippen LogP contribution in [0.3, 0.4) is 0 Å². The van der Waals surface area contributed by atoms with E-state index in [1.807, 2.05) is 66.1 Å². The predicted molar refractivity (Wildman–Crippen MR) is 215 cm³/mol. The number of nitrogens with zero attached hydrogens (tertiary/aromatic N) is 2. The number of benzene rings is 3. The third-order valence-corrected chi connectivity index (χ3v) is 12.3. The van der Waals surface area contributed by atoms with Crippen LogP contribution in [-0.4, -0.2) is 71.7 Å². The number of anilines is 1. The molecule has 0 bridgehead atoms. The molecule has 0 aliphatic carbocycles. The smallest absolute Gasteiger partial charge is 0.303 e. The Hall–Kier alpha value is -4.82. The Morgan fingerprint density at radius 1 is 0.964 bits per heavy atom. The van der Waals surface area contributed by atoms with Gasteiger partial charge in [0.25, 0.3) is 20.2 Å². The lowest BCUT2D eigenvalue weighted by atomic mass is 9.75. The van der Waals surface area contributed by atoms with Crippen molar-refractivity contribution in [3.63, 3.8) is 0 Å². The lowest BCUT2D eigenvalue weighted by Gasteiger charge is -2.43. The first-order valence-corrected chi connectivity index (χ1v) is 21.3. The van der Waals surface area contributed by atoms with Crippen molar-refractivity contribution in [2.24, 2.45) is 0 Å². The number of hydrogen-bond donors (Lipinski definition) is 3. The highest BCUT2D eigenvalue weighted by molar-refractivity contribution is 7.86. The van der Waals surface area contributed by atoms with E-state index in [4.69, 9.17) is 4.74 Å². The molecule has 3 aliphatic heterocycles. The normalized spacial score (nSPS) is 19.8. The average molecular weight is 788 g/mol. The molecule has 0 amide bonds. The maximum absolute atomic E-state index is 12.3. The number of ether oxygens (including phenoxy) is 1. The van der Waals surface area contributed by atoms with Gasteiger partial charge in [0, 0.05) is 65.5 Å². The molecule has 0 saturated heterocycles. The molecule has 3 aromatic carbocycles. The van der Waals surface area contributed by atoms with E-state index in [1.165, 1.54) is 12.1 Å². The molecule has 1 atom stereocenters. The first kappa shape index (κ1) is 39.9. The van der Waals surface area contributed by atoms with E-state index in [0.717, 1.165) is 40.1 Å². The molecule has 0 fully saturated rings. The second-order valence-electron chi connectivity index (χ2n) is 15.0. The lowest BCUT2D eigenvalue weighted by Crippen LogP contribution is -2.44. The van der Waals surface area contributed by atoms with Gasteiger partial charge in [-0.25, -0.2) is 0 Å². The van der Waals surface area contributed by atoms with Crippen molar-refractivity contribution in [1.29, 1.82) is 0 Å². The summed E-state index contributed by atoms with van der Waals surface area (Å²) in [4.78, 5) is 13.6. The van der Waals surface area contributed by atoms with Gasteiger partial charge in [-0.2, -0.15) is 21.4 Å². The van der Waals surface area contributed by atoms with Crippen LogP contribution >= 0.6 is 0 Å². The summed E-state index contributed by atoms with van der Waals surface area (Å²) in [5.74, 6) is -0.0971. The first-order valence-electron chi connectivity index (χ1n) is 18.3. The quantitative estimate of drug-likeness (QED) is 0.115. The maximum atomic E-state index is 12.3. The number of carboxylic acid groups (broad SMARTS) is 1. The molecule has 6 rings (SSSR count). The summed E-state index contributed by atoms with van der Waals surface area (Å²) in [6.07, 6.45) is 10.5. The van der Waals surface area contributed by atoms with Crippen molar-refractivity contribution in [2.45, 2.75) is 76.2 Å². The van der Waals surface area contributed by atoms with Crippen molar-refractivity contribution >= 4 is 60.2 Å². The van der Waals surface area contributed by atoms with Gasteiger partial charge in [0.15, 0.2) is 5.71 Å². The van der Waals surface area contributed by atoms with Gasteiger partial charge >= 0.3 is 5.97 Å². The van der Waals surface area contributed by atoms with Crippen LogP contribution in [-0.2, 0) is 30.4 Å². The van der Waals surface area contributed by atoms with Crippen molar-refractivity contribution in [3.8, 4) is 5.75 Å². The fraction of sp³-hybridized carbons (Fsp3) is 0.333. The summed E-state index contributed by atoms with van der Waals surface area (Å²) in [6, 6.07) is 18.3. The zero-order valence-corrected chi connectivity index (χ0v) is 33.2. The Morgan fingerprint density at radius 3 is 2.35 bits per heavy atom. The van der Waals surface area contributed by atoms with Gasteiger partial charge in [-0.05, 0) is 82.9 Å². The summed E-state index contributed by atoms with van der Waals surface area (Å²) < 4.78 is 75.9. The number of hydrogen-bond acceptors (Lipinski definition) is 7. The van der Waals surface area contributed by atoms with Crippen molar-refractivity contribution in [1.82, 2.24) is 0 Å². The number of fused-ring (bicyclic) bond motifs is 3. The monoisotopic (exact) mass is 787 g/mol. The van der Waals surface area contributed by atoms with E-state index in [2.05, 4.69) is 50.8 Å². The van der Waals surface area contributed by atoms with Crippen LogP contribution < -0.4 is 9.64 Å². The molecule has 3 aliphatic rings. The summed E-state index contributed by atoms with van der Waals surface area (Å²) in [5.41, 5.74) is 6.67. The fourth-order valence-corrected chi connectivity index (χ4v) is 9.18. The highest BCUT2D eigenvalue weighted by Crippen LogP contribution is 2.47. The molecule has 0 aromatic heterocycles. The summed E-state index contributed by atoms with van der Waals surface area (Å²) in [5, 5.41) is 9.49. The SMILES string of the molecule is CCN1c2cc3c(cc2C(C)=CC1(C)C)/C(=C/C=C/C1=[N+](CCCS(=O)(=O)O)c2ccc(S(=O)(=O)O)cc2C1(C)CCCC(=O)O)C=C(c1ccccc1)O3. The summed E-state index contributed by atoms with van der Waals surface area (Å²) in [6.45, 7) is 11.5. The van der Waals surface area contributed by atoms with Crippen LogP contribution in [0.1, 0.15) is 82.6 Å². The third kappa shape index (κ3) is 8.25. The first-order chi connectivity index (χ1) is 25.8. The van der Waals surface area contributed by atoms with E-state index < -0.39 is 37.4 Å². The minimum Gasteiger partial charge on any atom is -0.481 e. The molecule has 3 N–H and O–H groups in total. The van der Waals surface area contributed by atoms with Crippen LogP contribution in [0.5, 0.6) is 5.75 Å². The molecule has 55 heavy (non-hydrogen) atoms. The fourth-order valence-electron chi connectivity index (χ4n) is 8.18. The van der Waals surface area contributed by atoms with E-state index >= 15 is 0 Å². The average Bonchev–Trinajstić information content (AvgIpc) is 3.32. The minimum atomic E-state index is -4.58. The van der Waals surface area contributed by atoms with Crippen molar-refractivity contribution in [3.05, 3.63) is 113 Å². The molecule has 13 heteroatoms. The zero-order valence-electron chi connectivity index (χ0n) is 31.6. The second-order valence-corrected chi connectivity index (χ2v) is 18.0. The van der Waals surface area contributed by atoms with Gasteiger partial charge < -0.3 is 14.7 Å². The number of aliphatic carboxylic acids is 1. The molecular formula is C42H47N2O9S2+. The zero-order chi connectivity index (χ0) is 39.9. The predicted octanol–water partition coefficient (Wildman–Crippen LogP) is 7.92. The number of likely N-dealkylation sites (N-methyl/N-ethyl adjacent to an activating group) is 1. The molecule has 3 heterocycles. The standard InChI is InChI=1S/C42H46N2O9S2/c1-6-44-36-26-38-33(25-32(36)28(2)27-41(44,3)4)30(23-37(53-38)29-13-8-7-9-14-29)15-10-16-39-42(5,20-11-17-40(45)46)34-24-31(55(50,51)52)18-19-35(34)43(39)21-12-22-54(47,48)49/h7-10,13-16,18-19,23-27H,6,11-12,17,20-22H2,1-5H3,(H2-,45,46,47,48,49,50,51,52)/p+1. The van der Waals surface area contributed by atoms with Crippen LogP contribution in [0.4, 0.5) is 11.4 Å². The number of rotatable bonds is 13. The minimum absolute atomic E-state index is 0.0550. The Labute approximate surface area is 323 Å². The Morgan fingerprint density at radius 2 is 1.69 bits per heavy atom. The van der Waals surface area contributed by atoms with E-state index in [1.54, 1.807) is 6.07 Å². The maximum Gasteiger partial charge on any atom is 0.303 e. The Kier molecular flexibility index (Phi) is 10.9. The molecule has 0 spiro atoms. The molecule has 0 saturated carbocycles. The number of allylic oxidation sites excluding steroid dienone is 6. The molecular weight excluding hydrogens is 741 g/mol. The summed E-state index contributed by atoms with van der Waals surface area (Å²) in [7, 11) is -8.84. The van der Waals surface area contributed by atoms with Gasteiger partial charge in [-0.15, -0.1) is 0 Å². The van der Waals surface area contributed by atoms with Crippen molar-refractivity contribution < 1.29 is 45.2 Å². The third-order valence-electron chi connectivity index (χ3n) is 10.7. The van der Waals surface area contributed by atoms with Gasteiger partial charge in [0.1, 0.15) is 18.1 Å². The van der Waals surface area contributed by atoms with Crippen LogP contribution in [0, 0.1) is 0 Å².